The Morgan fingerprint density at radius 1 is 1.27 bits per heavy atom. The summed E-state index contributed by atoms with van der Waals surface area (Å²) in [4.78, 5) is 15.4. The van der Waals surface area contributed by atoms with E-state index in [1.54, 1.807) is 0 Å². The van der Waals surface area contributed by atoms with Crippen molar-refractivity contribution in [3.05, 3.63) is 30.1 Å². The number of nitrogens with one attached hydrogen (secondary N) is 1. The molecule has 1 unspecified atom stereocenters. The second-order valence-corrected chi connectivity index (χ2v) is 6.97. The van der Waals surface area contributed by atoms with E-state index in [-0.39, 0.29) is 12.0 Å². The summed E-state index contributed by atoms with van der Waals surface area (Å²) in [6.45, 7) is 5.55. The molecule has 26 heavy (non-hydrogen) atoms. The number of rotatable bonds is 7. The van der Waals surface area contributed by atoms with Crippen LogP contribution in [0.15, 0.2) is 24.3 Å². The zero-order valence-electron chi connectivity index (χ0n) is 15.9. The second-order valence-electron chi connectivity index (χ2n) is 6.97. The standard InChI is InChI=1S/C19H27N5O2/c1-13(2)17-21-18(23-19(22-17)24(3)4)20-14-7-5-8-15(11-14)26-12-16-9-6-10-25-16/h5,7-8,11,13,16H,6,9-10,12H2,1-4H3,(H,20,21,22,23). The fourth-order valence-electron chi connectivity index (χ4n) is 2.65. The number of hydrogen-bond donors (Lipinski definition) is 1. The van der Waals surface area contributed by atoms with Crippen LogP contribution in [0.1, 0.15) is 38.4 Å². The highest BCUT2D eigenvalue weighted by Crippen LogP contribution is 2.23. The molecule has 0 bridgehead atoms. The molecule has 1 fully saturated rings. The van der Waals surface area contributed by atoms with Crippen molar-refractivity contribution in [3.63, 3.8) is 0 Å². The van der Waals surface area contributed by atoms with Gasteiger partial charge in [-0.3, -0.25) is 0 Å². The highest BCUT2D eigenvalue weighted by molar-refractivity contribution is 5.56. The Kier molecular flexibility index (Phi) is 5.88. The molecule has 1 atom stereocenters. The number of anilines is 3. The summed E-state index contributed by atoms with van der Waals surface area (Å²) in [5.74, 6) is 2.95. The molecule has 3 rings (SSSR count). The lowest BCUT2D eigenvalue weighted by molar-refractivity contribution is 0.0680. The molecule has 140 valence electrons. The first-order chi connectivity index (χ1) is 12.5. The van der Waals surface area contributed by atoms with Crippen LogP contribution in [0.2, 0.25) is 0 Å². The van der Waals surface area contributed by atoms with Gasteiger partial charge < -0.3 is 19.7 Å². The molecular formula is C19H27N5O2. The first-order valence-corrected chi connectivity index (χ1v) is 9.06. The van der Waals surface area contributed by atoms with Crippen molar-refractivity contribution in [2.24, 2.45) is 0 Å². The fourth-order valence-corrected chi connectivity index (χ4v) is 2.65. The smallest absolute Gasteiger partial charge is 0.232 e. The summed E-state index contributed by atoms with van der Waals surface area (Å²) in [7, 11) is 3.84. The van der Waals surface area contributed by atoms with Crippen LogP contribution >= 0.6 is 0 Å². The van der Waals surface area contributed by atoms with Gasteiger partial charge in [0.25, 0.3) is 0 Å². The minimum atomic E-state index is 0.200. The number of ether oxygens (including phenoxy) is 2. The summed E-state index contributed by atoms with van der Waals surface area (Å²) < 4.78 is 11.5. The van der Waals surface area contributed by atoms with Crippen LogP contribution in [0.5, 0.6) is 5.75 Å². The lowest BCUT2D eigenvalue weighted by Gasteiger charge is -2.15. The molecule has 1 aliphatic rings. The second kappa shape index (κ2) is 8.31. The SMILES string of the molecule is CC(C)c1nc(Nc2cccc(OCC3CCCO3)c2)nc(N(C)C)n1. The molecular weight excluding hydrogens is 330 g/mol. The predicted octanol–water partition coefficient (Wildman–Crippen LogP) is 3.36. The molecule has 7 heteroatoms. The Hall–Kier alpha value is -2.41. The van der Waals surface area contributed by atoms with Gasteiger partial charge in [0.1, 0.15) is 18.2 Å². The Labute approximate surface area is 154 Å². The number of aromatic nitrogens is 3. The minimum absolute atomic E-state index is 0.200. The van der Waals surface area contributed by atoms with Crippen molar-refractivity contribution in [2.45, 2.75) is 38.7 Å². The van der Waals surface area contributed by atoms with E-state index < -0.39 is 0 Å². The van der Waals surface area contributed by atoms with Gasteiger partial charge in [0, 0.05) is 38.4 Å². The van der Waals surface area contributed by atoms with Crippen LogP contribution in [-0.2, 0) is 4.74 Å². The van der Waals surface area contributed by atoms with Gasteiger partial charge in [-0.1, -0.05) is 19.9 Å². The Balaban J connectivity index is 1.72. The summed E-state index contributed by atoms with van der Waals surface area (Å²) >= 11 is 0. The third kappa shape index (κ3) is 4.82. The summed E-state index contributed by atoms with van der Waals surface area (Å²) in [5, 5.41) is 3.26. The Bertz CT molecular complexity index is 703. The molecule has 1 aliphatic heterocycles. The molecule has 7 nitrogen and oxygen atoms in total. The average Bonchev–Trinajstić information content (AvgIpc) is 3.13. The van der Waals surface area contributed by atoms with E-state index >= 15 is 0 Å². The van der Waals surface area contributed by atoms with Gasteiger partial charge in [-0.25, -0.2) is 0 Å². The molecule has 1 N–H and O–H groups in total. The van der Waals surface area contributed by atoms with E-state index in [0.29, 0.717) is 18.5 Å². The predicted molar refractivity (Wildman–Crippen MR) is 102 cm³/mol. The van der Waals surface area contributed by atoms with Crippen molar-refractivity contribution in [2.75, 3.05) is 37.5 Å². The molecule has 0 spiro atoms. The number of hydrogen-bond acceptors (Lipinski definition) is 7. The molecule has 0 aliphatic carbocycles. The van der Waals surface area contributed by atoms with Gasteiger partial charge in [0.15, 0.2) is 0 Å². The van der Waals surface area contributed by atoms with E-state index in [2.05, 4.69) is 34.1 Å². The highest BCUT2D eigenvalue weighted by Gasteiger charge is 2.16. The first kappa shape index (κ1) is 18.4. The molecule has 0 saturated carbocycles. The molecule has 1 aromatic carbocycles. The fraction of sp³-hybridized carbons (Fsp3) is 0.526. The van der Waals surface area contributed by atoms with Gasteiger partial charge in [-0.05, 0) is 25.0 Å². The topological polar surface area (TPSA) is 72.4 Å². The van der Waals surface area contributed by atoms with Crippen LogP contribution in [0.25, 0.3) is 0 Å². The summed E-state index contributed by atoms with van der Waals surface area (Å²) in [6.07, 6.45) is 2.38. The van der Waals surface area contributed by atoms with Crippen LogP contribution in [0.3, 0.4) is 0 Å². The zero-order valence-corrected chi connectivity index (χ0v) is 15.9. The average molecular weight is 357 g/mol. The van der Waals surface area contributed by atoms with Crippen molar-refractivity contribution >= 4 is 17.6 Å². The summed E-state index contributed by atoms with van der Waals surface area (Å²) in [6, 6.07) is 7.80. The van der Waals surface area contributed by atoms with E-state index in [1.165, 1.54) is 0 Å². The highest BCUT2D eigenvalue weighted by atomic mass is 16.5. The van der Waals surface area contributed by atoms with Crippen molar-refractivity contribution in [1.82, 2.24) is 15.0 Å². The Morgan fingerprint density at radius 2 is 2.12 bits per heavy atom. The van der Waals surface area contributed by atoms with Crippen LogP contribution in [0, 0.1) is 0 Å². The molecule has 2 aromatic rings. The maximum atomic E-state index is 5.87. The van der Waals surface area contributed by atoms with E-state index in [4.69, 9.17) is 9.47 Å². The van der Waals surface area contributed by atoms with E-state index in [9.17, 15) is 0 Å². The third-order valence-electron chi connectivity index (χ3n) is 4.11. The van der Waals surface area contributed by atoms with E-state index in [1.807, 2.05) is 43.3 Å². The number of benzene rings is 1. The maximum absolute atomic E-state index is 5.87. The third-order valence-corrected chi connectivity index (χ3v) is 4.11. The van der Waals surface area contributed by atoms with Crippen molar-refractivity contribution in [3.8, 4) is 5.75 Å². The van der Waals surface area contributed by atoms with Gasteiger partial charge in [0.05, 0.1) is 6.10 Å². The zero-order chi connectivity index (χ0) is 18.5. The van der Waals surface area contributed by atoms with Gasteiger partial charge in [-0.2, -0.15) is 15.0 Å². The molecule has 2 heterocycles. The van der Waals surface area contributed by atoms with Crippen molar-refractivity contribution < 1.29 is 9.47 Å². The van der Waals surface area contributed by atoms with E-state index in [0.717, 1.165) is 36.7 Å². The molecule has 1 saturated heterocycles. The normalized spacial score (nSPS) is 16.7. The molecule has 0 radical (unpaired) electrons. The Morgan fingerprint density at radius 3 is 2.81 bits per heavy atom. The first-order valence-electron chi connectivity index (χ1n) is 9.06. The quantitative estimate of drug-likeness (QED) is 0.814. The largest absolute Gasteiger partial charge is 0.491 e. The van der Waals surface area contributed by atoms with Gasteiger partial charge in [0.2, 0.25) is 11.9 Å². The van der Waals surface area contributed by atoms with Gasteiger partial charge in [-0.15, -0.1) is 0 Å². The minimum Gasteiger partial charge on any atom is -0.491 e. The maximum Gasteiger partial charge on any atom is 0.232 e. The van der Waals surface area contributed by atoms with Crippen molar-refractivity contribution in [1.29, 1.82) is 0 Å². The van der Waals surface area contributed by atoms with Crippen LogP contribution < -0.4 is 15.0 Å². The summed E-state index contributed by atoms with van der Waals surface area (Å²) in [5.41, 5.74) is 0.875. The molecule has 1 aromatic heterocycles. The lowest BCUT2D eigenvalue weighted by Crippen LogP contribution is -2.17. The van der Waals surface area contributed by atoms with Crippen LogP contribution in [-0.4, -0.2) is 48.4 Å². The molecule has 0 amide bonds. The lowest BCUT2D eigenvalue weighted by atomic mass is 10.2. The number of nitrogens with zero attached hydrogens (tertiary/aromatic N) is 4. The van der Waals surface area contributed by atoms with Gasteiger partial charge >= 0.3 is 0 Å². The van der Waals surface area contributed by atoms with Crippen LogP contribution in [0.4, 0.5) is 17.6 Å². The monoisotopic (exact) mass is 357 g/mol.